The van der Waals surface area contributed by atoms with Crippen LogP contribution in [0.5, 0.6) is 0 Å². The SMILES string of the molecule is CCCCCCCCNC(=O)CCCCCCCC(C(CCCCCCCC)S(=O)(=O)O)S(=O)(=O)O. The summed E-state index contributed by atoms with van der Waals surface area (Å²) in [6, 6.07) is 0. The maximum atomic E-state index is 11.9. The maximum Gasteiger partial charge on any atom is 0.269 e. The molecule has 0 rings (SSSR count). The molecule has 1 amide bonds. The second-order valence-corrected chi connectivity index (χ2v) is 13.4. The van der Waals surface area contributed by atoms with Gasteiger partial charge in [0.2, 0.25) is 5.91 Å². The maximum absolute atomic E-state index is 11.9. The summed E-state index contributed by atoms with van der Waals surface area (Å²) in [6.07, 6.45) is 16.4. The topological polar surface area (TPSA) is 138 Å². The lowest BCUT2D eigenvalue weighted by atomic mass is 10.0. The number of hydrogen-bond acceptors (Lipinski definition) is 5. The first-order chi connectivity index (χ1) is 17.0. The first-order valence-corrected chi connectivity index (χ1v) is 17.2. The van der Waals surface area contributed by atoms with Crippen molar-refractivity contribution in [3.05, 3.63) is 0 Å². The highest BCUT2D eigenvalue weighted by Crippen LogP contribution is 2.24. The normalized spacial score (nSPS) is 14.0. The molecule has 0 fully saturated rings. The van der Waals surface area contributed by atoms with Crippen LogP contribution in [-0.4, -0.2) is 48.9 Å². The standard InChI is InChI=1S/C26H53NO7S2/c1-3-5-7-9-12-16-20-24(35(29,30)31)25(36(32,33)34)21-17-13-11-14-18-22-26(28)27-23-19-15-10-8-6-4-2/h24-25H,3-23H2,1-2H3,(H,27,28)(H,29,30,31)(H,32,33,34). The van der Waals surface area contributed by atoms with E-state index in [9.17, 15) is 30.7 Å². The molecule has 0 aliphatic heterocycles. The Balaban J connectivity index is 4.26. The van der Waals surface area contributed by atoms with E-state index in [1.54, 1.807) is 0 Å². The molecule has 0 aliphatic carbocycles. The average molecular weight is 556 g/mol. The summed E-state index contributed by atoms with van der Waals surface area (Å²) in [5.41, 5.74) is 0. The highest BCUT2D eigenvalue weighted by Gasteiger charge is 2.39. The third-order valence-corrected chi connectivity index (χ3v) is 9.60. The molecular weight excluding hydrogens is 502 g/mol. The van der Waals surface area contributed by atoms with Crippen molar-refractivity contribution < 1.29 is 30.7 Å². The zero-order valence-electron chi connectivity index (χ0n) is 22.8. The Kier molecular flexibility index (Phi) is 20.8. The van der Waals surface area contributed by atoms with Gasteiger partial charge in [0.1, 0.15) is 10.5 Å². The van der Waals surface area contributed by atoms with Crippen LogP contribution in [0.15, 0.2) is 0 Å². The number of hydrogen-bond donors (Lipinski definition) is 3. The molecule has 0 saturated heterocycles. The summed E-state index contributed by atoms with van der Waals surface area (Å²) in [5.74, 6) is 0.0562. The van der Waals surface area contributed by atoms with Crippen LogP contribution in [0.3, 0.4) is 0 Å². The van der Waals surface area contributed by atoms with E-state index in [-0.39, 0.29) is 18.7 Å². The molecule has 3 N–H and O–H groups in total. The third-order valence-electron chi connectivity index (χ3n) is 6.77. The van der Waals surface area contributed by atoms with Gasteiger partial charge in [-0.2, -0.15) is 16.8 Å². The summed E-state index contributed by atoms with van der Waals surface area (Å²) in [6.45, 7) is 5.00. The third kappa shape index (κ3) is 19.4. The van der Waals surface area contributed by atoms with Gasteiger partial charge in [-0.15, -0.1) is 0 Å². The van der Waals surface area contributed by atoms with E-state index in [2.05, 4.69) is 19.2 Å². The van der Waals surface area contributed by atoms with Crippen LogP contribution in [0.1, 0.15) is 142 Å². The highest BCUT2D eigenvalue weighted by molar-refractivity contribution is 7.90. The van der Waals surface area contributed by atoms with Gasteiger partial charge in [-0.3, -0.25) is 13.9 Å². The van der Waals surface area contributed by atoms with Crippen molar-refractivity contribution >= 4 is 26.1 Å². The number of rotatable bonds is 25. The van der Waals surface area contributed by atoms with Gasteiger partial charge in [-0.05, 0) is 25.7 Å². The predicted octanol–water partition coefficient (Wildman–Crippen LogP) is 6.46. The summed E-state index contributed by atoms with van der Waals surface area (Å²) < 4.78 is 67.1. The molecule has 8 nitrogen and oxygen atoms in total. The molecule has 2 unspecified atom stereocenters. The smallest absolute Gasteiger partial charge is 0.269 e. The van der Waals surface area contributed by atoms with Gasteiger partial charge in [0.25, 0.3) is 20.2 Å². The van der Waals surface area contributed by atoms with Gasteiger partial charge >= 0.3 is 0 Å². The Bertz CT molecular complexity index is 754. The second kappa shape index (κ2) is 21.2. The van der Waals surface area contributed by atoms with Gasteiger partial charge < -0.3 is 5.32 Å². The van der Waals surface area contributed by atoms with E-state index in [1.807, 2.05) is 0 Å². The number of amides is 1. The largest absolute Gasteiger partial charge is 0.356 e. The molecule has 0 bridgehead atoms. The number of carbonyl (C=O) groups is 1. The Morgan fingerprint density at radius 3 is 1.36 bits per heavy atom. The number of carbonyl (C=O) groups excluding carboxylic acids is 1. The molecule has 0 aromatic carbocycles. The average Bonchev–Trinajstić information content (AvgIpc) is 2.79. The summed E-state index contributed by atoms with van der Waals surface area (Å²) in [7, 11) is -9.22. The minimum atomic E-state index is -4.62. The number of unbranched alkanes of at least 4 members (excludes halogenated alkanes) is 14. The van der Waals surface area contributed by atoms with Crippen LogP contribution >= 0.6 is 0 Å². The van der Waals surface area contributed by atoms with E-state index in [4.69, 9.17) is 0 Å². The molecule has 0 heterocycles. The highest BCUT2D eigenvalue weighted by atomic mass is 32.2. The Morgan fingerprint density at radius 1 is 0.583 bits per heavy atom. The van der Waals surface area contributed by atoms with E-state index in [1.165, 1.54) is 25.7 Å². The summed E-state index contributed by atoms with van der Waals surface area (Å²) in [5, 5.41) is -0.0727. The monoisotopic (exact) mass is 555 g/mol. The minimum absolute atomic E-state index is 0.0160. The molecule has 0 saturated carbocycles. The molecule has 0 spiro atoms. The molecule has 0 aromatic heterocycles. The van der Waals surface area contributed by atoms with Crippen molar-refractivity contribution in [2.45, 2.75) is 153 Å². The van der Waals surface area contributed by atoms with Crippen molar-refractivity contribution in [2.75, 3.05) is 6.54 Å². The van der Waals surface area contributed by atoms with Crippen molar-refractivity contribution in [3.8, 4) is 0 Å². The minimum Gasteiger partial charge on any atom is -0.356 e. The Morgan fingerprint density at radius 2 is 0.944 bits per heavy atom. The Labute approximate surface area is 221 Å². The van der Waals surface area contributed by atoms with Crippen molar-refractivity contribution in [1.29, 1.82) is 0 Å². The molecule has 2 atom stereocenters. The van der Waals surface area contributed by atoms with Crippen LogP contribution in [0.4, 0.5) is 0 Å². The van der Waals surface area contributed by atoms with Crippen molar-refractivity contribution in [2.24, 2.45) is 0 Å². The van der Waals surface area contributed by atoms with Gasteiger partial charge in [-0.1, -0.05) is 110 Å². The van der Waals surface area contributed by atoms with Crippen LogP contribution in [-0.2, 0) is 25.0 Å². The molecule has 0 aliphatic rings. The lowest BCUT2D eigenvalue weighted by Crippen LogP contribution is -2.39. The first-order valence-electron chi connectivity index (χ1n) is 14.2. The fourth-order valence-electron chi connectivity index (χ4n) is 4.56. The van der Waals surface area contributed by atoms with Crippen LogP contribution in [0.2, 0.25) is 0 Å². The molecule has 216 valence electrons. The van der Waals surface area contributed by atoms with Gasteiger partial charge in [-0.25, -0.2) is 0 Å². The van der Waals surface area contributed by atoms with Crippen LogP contribution in [0, 0.1) is 0 Å². The van der Waals surface area contributed by atoms with Gasteiger partial charge in [0.15, 0.2) is 0 Å². The lowest BCUT2D eigenvalue weighted by molar-refractivity contribution is -0.121. The molecule has 0 radical (unpaired) electrons. The summed E-state index contributed by atoms with van der Waals surface area (Å²) >= 11 is 0. The fourth-order valence-corrected chi connectivity index (χ4v) is 7.37. The first kappa shape index (κ1) is 35.3. The Hall–Kier alpha value is -0.710. The molecular formula is C26H53NO7S2. The van der Waals surface area contributed by atoms with Crippen molar-refractivity contribution in [3.63, 3.8) is 0 Å². The molecule has 0 aromatic rings. The quantitative estimate of drug-likeness (QED) is 0.0868. The van der Waals surface area contributed by atoms with E-state index in [0.717, 1.165) is 70.8 Å². The van der Waals surface area contributed by atoms with Crippen LogP contribution < -0.4 is 5.32 Å². The van der Waals surface area contributed by atoms with E-state index in [0.29, 0.717) is 25.7 Å². The van der Waals surface area contributed by atoms with Crippen LogP contribution in [0.25, 0.3) is 0 Å². The van der Waals surface area contributed by atoms with Gasteiger partial charge in [0.05, 0.1) is 0 Å². The van der Waals surface area contributed by atoms with E-state index < -0.39 is 30.7 Å². The van der Waals surface area contributed by atoms with Gasteiger partial charge in [0, 0.05) is 13.0 Å². The lowest BCUT2D eigenvalue weighted by Gasteiger charge is -2.22. The fraction of sp³-hybridized carbons (Fsp3) is 0.962. The second-order valence-electron chi connectivity index (χ2n) is 10.1. The predicted molar refractivity (Wildman–Crippen MR) is 147 cm³/mol. The number of nitrogens with one attached hydrogen (secondary N) is 1. The molecule has 10 heteroatoms. The van der Waals surface area contributed by atoms with Crippen molar-refractivity contribution in [1.82, 2.24) is 5.32 Å². The zero-order chi connectivity index (χ0) is 27.3. The molecule has 36 heavy (non-hydrogen) atoms. The van der Waals surface area contributed by atoms with E-state index >= 15 is 0 Å². The summed E-state index contributed by atoms with van der Waals surface area (Å²) in [4.78, 5) is 11.9. The zero-order valence-corrected chi connectivity index (χ0v) is 24.4.